The van der Waals surface area contributed by atoms with Crippen molar-refractivity contribution in [3.63, 3.8) is 0 Å². The number of piperidine rings is 1. The fourth-order valence-corrected chi connectivity index (χ4v) is 4.78. The largest absolute Gasteiger partial charge is 0.417 e. The number of nitrogens with one attached hydrogen (secondary N) is 3. The molecule has 3 atom stereocenters. The van der Waals surface area contributed by atoms with Gasteiger partial charge < -0.3 is 15.5 Å². The highest BCUT2D eigenvalue weighted by atomic mass is 35.5. The summed E-state index contributed by atoms with van der Waals surface area (Å²) in [5, 5.41) is 14.8. The Morgan fingerprint density at radius 2 is 1.90 bits per heavy atom. The molecule has 1 fully saturated rings. The van der Waals surface area contributed by atoms with Crippen molar-refractivity contribution in [1.82, 2.24) is 15.5 Å². The second kappa shape index (κ2) is 11.9. The molecule has 0 aromatic heterocycles. The molecule has 0 aliphatic carbocycles. The molecular weight excluding hydrogens is 541 g/mol. The topological polar surface area (TPSA) is 80.6 Å². The third kappa shape index (κ3) is 7.26. The van der Waals surface area contributed by atoms with Crippen LogP contribution in [0.1, 0.15) is 32.8 Å². The third-order valence-corrected chi connectivity index (χ3v) is 7.14. The first-order valence-corrected chi connectivity index (χ1v) is 12.7. The van der Waals surface area contributed by atoms with Crippen LogP contribution in [0.2, 0.25) is 5.02 Å². The van der Waals surface area contributed by atoms with E-state index in [1.165, 1.54) is 6.20 Å². The predicted octanol–water partition coefficient (Wildman–Crippen LogP) is 5.82. The average molecular weight is 572 g/mol. The molecule has 6 nitrogen and oxygen atoms in total. The molecule has 2 heterocycles. The Hall–Kier alpha value is -3.21. The van der Waals surface area contributed by atoms with Gasteiger partial charge in [-0.25, -0.2) is 13.8 Å². The van der Waals surface area contributed by atoms with Gasteiger partial charge in [-0.1, -0.05) is 43.7 Å². The van der Waals surface area contributed by atoms with E-state index >= 15 is 0 Å². The van der Waals surface area contributed by atoms with Gasteiger partial charge in [0.25, 0.3) is 11.8 Å². The van der Waals surface area contributed by atoms with Gasteiger partial charge in [0, 0.05) is 43.0 Å². The summed E-state index contributed by atoms with van der Waals surface area (Å²) < 4.78 is 69.2. The lowest BCUT2D eigenvalue weighted by Gasteiger charge is -2.43. The van der Waals surface area contributed by atoms with Crippen molar-refractivity contribution in [2.24, 2.45) is 16.8 Å². The molecule has 0 bridgehead atoms. The van der Waals surface area contributed by atoms with Crippen molar-refractivity contribution in [2.75, 3.05) is 20.1 Å². The molecule has 0 spiro atoms. The van der Waals surface area contributed by atoms with E-state index < -0.39 is 60.1 Å². The minimum Gasteiger partial charge on any atom is -0.393 e. The van der Waals surface area contributed by atoms with E-state index in [1.54, 1.807) is 52.1 Å². The van der Waals surface area contributed by atoms with Crippen LogP contribution in [0.25, 0.3) is 5.57 Å². The number of likely N-dealkylation sites (tertiary alicyclic amines) is 1. The van der Waals surface area contributed by atoms with Crippen molar-refractivity contribution in [2.45, 2.75) is 45.3 Å². The normalized spacial score (nSPS) is 23.7. The standard InChI is InChI=1S/C27H31ClF5N5O/c1-15-9-19(27(31,32)33)11-36-24(17(15)3)37-13-22-16(2)10-26(29,30)14-38(22)25(39)23(34)21(12-35-4)18-5-7-20(28)8-6-18/h5-9,11-12,15-16,22,34-35,37H,10,13-14H2,1-4H3/b21-12-,34-23?/t15?,16?,22-/m1/s1. The molecule has 0 saturated carbocycles. The van der Waals surface area contributed by atoms with Crippen LogP contribution >= 0.6 is 11.6 Å². The maximum Gasteiger partial charge on any atom is 0.417 e. The van der Waals surface area contributed by atoms with Crippen molar-refractivity contribution in [3.05, 3.63) is 64.1 Å². The van der Waals surface area contributed by atoms with Crippen molar-refractivity contribution >= 4 is 35.0 Å². The van der Waals surface area contributed by atoms with Gasteiger partial charge in [-0.15, -0.1) is 0 Å². The molecule has 2 aliphatic heterocycles. The zero-order chi connectivity index (χ0) is 29.1. The smallest absolute Gasteiger partial charge is 0.393 e. The maximum atomic E-state index is 14.7. The third-order valence-electron chi connectivity index (χ3n) is 6.89. The van der Waals surface area contributed by atoms with E-state index in [9.17, 15) is 26.7 Å². The zero-order valence-electron chi connectivity index (χ0n) is 22.0. The lowest BCUT2D eigenvalue weighted by atomic mass is 9.87. The Balaban J connectivity index is 1.88. The number of halogens is 6. The van der Waals surface area contributed by atoms with Gasteiger partial charge in [-0.3, -0.25) is 10.2 Å². The summed E-state index contributed by atoms with van der Waals surface area (Å²) in [4.78, 5) is 18.5. The van der Waals surface area contributed by atoms with Crippen LogP contribution in [0.3, 0.4) is 0 Å². The van der Waals surface area contributed by atoms with Crippen LogP contribution in [0.4, 0.5) is 22.0 Å². The first-order valence-electron chi connectivity index (χ1n) is 12.3. The molecule has 2 unspecified atom stereocenters. The van der Waals surface area contributed by atoms with Crippen molar-refractivity contribution in [3.8, 4) is 0 Å². The van der Waals surface area contributed by atoms with E-state index in [0.717, 1.165) is 17.2 Å². The van der Waals surface area contributed by atoms with Crippen molar-refractivity contribution in [1.29, 1.82) is 5.41 Å². The van der Waals surface area contributed by atoms with Crippen LogP contribution in [-0.4, -0.2) is 61.0 Å². The lowest BCUT2D eigenvalue weighted by molar-refractivity contribution is -0.145. The Kier molecular flexibility index (Phi) is 9.25. The quantitative estimate of drug-likeness (QED) is 0.285. The molecule has 3 N–H and O–H groups in total. The number of benzene rings is 1. The molecule has 1 amide bonds. The van der Waals surface area contributed by atoms with E-state index in [1.807, 2.05) is 0 Å². The molecule has 2 aliphatic rings. The fraction of sp³-hybridized carbons (Fsp3) is 0.444. The summed E-state index contributed by atoms with van der Waals surface area (Å²) in [7, 11) is 1.58. The van der Waals surface area contributed by atoms with E-state index in [-0.39, 0.29) is 17.9 Å². The minimum absolute atomic E-state index is 0.0413. The molecule has 212 valence electrons. The van der Waals surface area contributed by atoms with Crippen LogP contribution in [-0.2, 0) is 4.79 Å². The van der Waals surface area contributed by atoms with Gasteiger partial charge in [0.1, 0.15) is 11.5 Å². The molecule has 1 aromatic carbocycles. The highest BCUT2D eigenvalue weighted by Gasteiger charge is 2.47. The monoisotopic (exact) mass is 571 g/mol. The molecular formula is C27H31ClF5N5O. The predicted molar refractivity (Wildman–Crippen MR) is 143 cm³/mol. The van der Waals surface area contributed by atoms with Crippen LogP contribution in [0.5, 0.6) is 0 Å². The van der Waals surface area contributed by atoms with E-state index in [0.29, 0.717) is 16.2 Å². The summed E-state index contributed by atoms with van der Waals surface area (Å²) in [6.07, 6.45) is -1.81. The first kappa shape index (κ1) is 30.3. The second-order valence-corrected chi connectivity index (χ2v) is 10.3. The first-order chi connectivity index (χ1) is 18.1. The summed E-state index contributed by atoms with van der Waals surface area (Å²) in [6.45, 7) is 3.88. The Morgan fingerprint density at radius 3 is 2.49 bits per heavy atom. The number of rotatable bonds is 7. The number of carbonyl (C=O) groups is 1. The van der Waals surface area contributed by atoms with Crippen LogP contribution < -0.4 is 10.6 Å². The Morgan fingerprint density at radius 1 is 1.26 bits per heavy atom. The molecule has 1 aromatic rings. The lowest BCUT2D eigenvalue weighted by Crippen LogP contribution is -2.59. The second-order valence-electron chi connectivity index (χ2n) is 9.85. The maximum absolute atomic E-state index is 14.7. The number of aliphatic imine (C=N–C) groups is 1. The highest BCUT2D eigenvalue weighted by Crippen LogP contribution is 2.35. The average Bonchev–Trinajstić information content (AvgIpc) is 2.99. The summed E-state index contributed by atoms with van der Waals surface area (Å²) in [5.74, 6) is -5.15. The summed E-state index contributed by atoms with van der Waals surface area (Å²) in [6, 6.07) is 5.63. The number of allylic oxidation sites excluding steroid dienone is 3. The number of amides is 1. The minimum atomic E-state index is -4.57. The van der Waals surface area contributed by atoms with Gasteiger partial charge >= 0.3 is 6.18 Å². The summed E-state index contributed by atoms with van der Waals surface area (Å²) >= 11 is 5.96. The SMILES string of the molecule is CN/C=C(\C(=N)C(=O)N1CC(F)(F)CC(C)[C@H]1CNC1=C(C)C(C)C=C(C(F)(F)F)C=N1)c1ccc(Cl)cc1. The molecule has 12 heteroatoms. The van der Waals surface area contributed by atoms with Gasteiger partial charge in [0.2, 0.25) is 0 Å². The number of hydrogen-bond donors (Lipinski definition) is 3. The van der Waals surface area contributed by atoms with Crippen molar-refractivity contribution < 1.29 is 26.7 Å². The van der Waals surface area contributed by atoms with E-state index in [4.69, 9.17) is 17.0 Å². The molecule has 1 saturated heterocycles. The fourth-order valence-electron chi connectivity index (χ4n) is 4.65. The summed E-state index contributed by atoms with van der Waals surface area (Å²) in [5.41, 5.74) is -0.148. The van der Waals surface area contributed by atoms with Crippen LogP contribution in [0.15, 0.2) is 58.5 Å². The Bertz CT molecular complexity index is 1220. The Labute approximate surface area is 229 Å². The van der Waals surface area contributed by atoms with Gasteiger partial charge in [-0.2, -0.15) is 13.2 Å². The number of hydrogen-bond acceptors (Lipinski definition) is 5. The number of alkyl halides is 5. The number of nitrogens with zero attached hydrogens (tertiary/aromatic N) is 2. The number of carbonyl (C=O) groups excluding carboxylic acids is 1. The highest BCUT2D eigenvalue weighted by molar-refractivity contribution is 6.54. The van der Waals surface area contributed by atoms with E-state index in [2.05, 4.69) is 15.6 Å². The molecule has 0 radical (unpaired) electrons. The van der Waals surface area contributed by atoms with Crippen LogP contribution in [0, 0.1) is 17.2 Å². The van der Waals surface area contributed by atoms with Gasteiger partial charge in [0.15, 0.2) is 0 Å². The zero-order valence-corrected chi connectivity index (χ0v) is 22.7. The van der Waals surface area contributed by atoms with Gasteiger partial charge in [-0.05, 0) is 42.0 Å². The molecule has 3 rings (SSSR count). The van der Waals surface area contributed by atoms with Gasteiger partial charge in [0.05, 0.1) is 18.2 Å². The molecule has 39 heavy (non-hydrogen) atoms.